The number of ether oxygens (including phenoxy) is 1. The number of carbonyl (C=O) groups excluding carboxylic acids is 1. The van der Waals surface area contributed by atoms with Crippen molar-refractivity contribution in [1.29, 1.82) is 0 Å². The fraction of sp³-hybridized carbons (Fsp3) is 0.562. The van der Waals surface area contributed by atoms with Crippen molar-refractivity contribution in [1.82, 2.24) is 5.32 Å². The van der Waals surface area contributed by atoms with Crippen LogP contribution in [0.3, 0.4) is 0 Å². The average Bonchev–Trinajstić information content (AvgIpc) is 2.43. The van der Waals surface area contributed by atoms with Crippen LogP contribution in [0, 0.1) is 11.2 Å². The van der Waals surface area contributed by atoms with Gasteiger partial charge in [0.25, 0.3) is 0 Å². The molecule has 0 radical (unpaired) electrons. The number of esters is 1. The van der Waals surface area contributed by atoms with Crippen LogP contribution in [0.5, 0.6) is 0 Å². The van der Waals surface area contributed by atoms with Crippen LogP contribution in [0.4, 0.5) is 4.39 Å². The highest BCUT2D eigenvalue weighted by molar-refractivity contribution is 6.30. The van der Waals surface area contributed by atoms with E-state index >= 15 is 0 Å². The van der Waals surface area contributed by atoms with Gasteiger partial charge in [0.05, 0.1) is 10.4 Å². The molecule has 1 aliphatic heterocycles. The van der Waals surface area contributed by atoms with Gasteiger partial charge in [0.2, 0.25) is 0 Å². The lowest BCUT2D eigenvalue weighted by Crippen LogP contribution is -2.54. The molecule has 6 heteroatoms. The number of aliphatic hydroxyl groups is 1. The minimum atomic E-state index is -1.39. The lowest BCUT2D eigenvalue weighted by Gasteiger charge is -2.40. The molecule has 122 valence electrons. The van der Waals surface area contributed by atoms with Crippen LogP contribution in [0.15, 0.2) is 18.2 Å². The number of hydrogen-bond acceptors (Lipinski definition) is 4. The summed E-state index contributed by atoms with van der Waals surface area (Å²) >= 11 is 5.81. The third-order valence-corrected chi connectivity index (χ3v) is 4.12. The second-order valence-corrected chi connectivity index (χ2v) is 7.06. The first-order valence-electron chi connectivity index (χ1n) is 7.24. The maximum Gasteiger partial charge on any atom is 0.311 e. The van der Waals surface area contributed by atoms with Crippen molar-refractivity contribution in [2.24, 2.45) is 5.41 Å². The van der Waals surface area contributed by atoms with E-state index < -0.39 is 28.9 Å². The van der Waals surface area contributed by atoms with Crippen LogP contribution in [0.2, 0.25) is 5.02 Å². The van der Waals surface area contributed by atoms with Crippen LogP contribution in [0.25, 0.3) is 0 Å². The molecule has 0 unspecified atom stereocenters. The highest BCUT2D eigenvalue weighted by Gasteiger charge is 2.44. The summed E-state index contributed by atoms with van der Waals surface area (Å²) in [6.45, 7) is 6.14. The molecule has 22 heavy (non-hydrogen) atoms. The van der Waals surface area contributed by atoms with E-state index in [2.05, 4.69) is 5.32 Å². The van der Waals surface area contributed by atoms with Crippen molar-refractivity contribution in [2.75, 3.05) is 13.1 Å². The molecule has 1 aromatic rings. The van der Waals surface area contributed by atoms with Gasteiger partial charge in [-0.2, -0.15) is 0 Å². The van der Waals surface area contributed by atoms with E-state index in [0.29, 0.717) is 25.1 Å². The van der Waals surface area contributed by atoms with Crippen LogP contribution in [-0.4, -0.2) is 30.3 Å². The highest BCUT2D eigenvalue weighted by atomic mass is 35.5. The molecule has 2 N–H and O–H groups in total. The largest absolute Gasteiger partial charge is 0.457 e. The molecular formula is C16H21ClFNO3. The van der Waals surface area contributed by atoms with Crippen LogP contribution >= 0.6 is 11.6 Å². The zero-order valence-electron chi connectivity index (χ0n) is 13.0. The number of carbonyl (C=O) groups is 1. The lowest BCUT2D eigenvalue weighted by atomic mass is 9.82. The molecule has 0 bridgehead atoms. The highest BCUT2D eigenvalue weighted by Crippen LogP contribution is 2.35. The summed E-state index contributed by atoms with van der Waals surface area (Å²) in [5, 5.41) is 14.1. The standard InChI is InChI=1S/C16H21ClFNO3/c1-15(2,3)14(20)22-13-9-19-7-6-16(13,21)10-4-5-12(18)11(17)8-10/h4-5,8,13,19,21H,6-7,9H2,1-3H3/t13-,16-/m0/s1. The smallest absolute Gasteiger partial charge is 0.311 e. The van der Waals surface area contributed by atoms with Gasteiger partial charge < -0.3 is 15.2 Å². The number of rotatable bonds is 2. The molecule has 1 aromatic carbocycles. The van der Waals surface area contributed by atoms with Gasteiger partial charge in [0.15, 0.2) is 0 Å². The van der Waals surface area contributed by atoms with E-state index in [1.165, 1.54) is 18.2 Å². The number of nitrogens with one attached hydrogen (secondary N) is 1. The van der Waals surface area contributed by atoms with Crippen LogP contribution in [0.1, 0.15) is 32.8 Å². The third-order valence-electron chi connectivity index (χ3n) is 3.83. The summed E-state index contributed by atoms with van der Waals surface area (Å²) in [7, 11) is 0. The lowest BCUT2D eigenvalue weighted by molar-refractivity contribution is -0.179. The fourth-order valence-electron chi connectivity index (χ4n) is 2.38. The monoisotopic (exact) mass is 329 g/mol. The predicted octanol–water partition coefficient (Wildman–Crippen LogP) is 2.62. The SMILES string of the molecule is CC(C)(C)C(=O)O[C@H]1CNCC[C@]1(O)c1ccc(F)c(Cl)c1. The van der Waals surface area contributed by atoms with Crippen LogP contribution in [-0.2, 0) is 15.1 Å². The van der Waals surface area contributed by atoms with Crippen molar-refractivity contribution in [3.05, 3.63) is 34.6 Å². The van der Waals surface area contributed by atoms with Crippen molar-refractivity contribution >= 4 is 17.6 Å². The van der Waals surface area contributed by atoms with Gasteiger partial charge in [0, 0.05) is 6.54 Å². The molecule has 4 nitrogen and oxygen atoms in total. The van der Waals surface area contributed by atoms with Crippen LogP contribution < -0.4 is 5.32 Å². The Morgan fingerprint density at radius 1 is 1.50 bits per heavy atom. The Morgan fingerprint density at radius 3 is 2.77 bits per heavy atom. The molecule has 0 amide bonds. The zero-order valence-corrected chi connectivity index (χ0v) is 13.7. The minimum Gasteiger partial charge on any atom is -0.457 e. The first-order chi connectivity index (χ1) is 10.1. The van der Waals surface area contributed by atoms with E-state index in [1.807, 2.05) is 0 Å². The van der Waals surface area contributed by atoms with Crippen molar-refractivity contribution in [2.45, 2.75) is 38.9 Å². The summed E-state index contributed by atoms with van der Waals surface area (Å²) in [4.78, 5) is 12.1. The van der Waals surface area contributed by atoms with E-state index in [0.717, 1.165) is 0 Å². The maximum absolute atomic E-state index is 13.3. The average molecular weight is 330 g/mol. The van der Waals surface area contributed by atoms with Gasteiger partial charge in [-0.3, -0.25) is 4.79 Å². The molecule has 1 saturated heterocycles. The number of benzene rings is 1. The topological polar surface area (TPSA) is 58.6 Å². The Kier molecular flexibility index (Phi) is 4.80. The summed E-state index contributed by atoms with van der Waals surface area (Å²) in [5.41, 5.74) is -1.60. The second-order valence-electron chi connectivity index (χ2n) is 6.65. The second kappa shape index (κ2) is 6.14. The Morgan fingerprint density at radius 2 is 2.18 bits per heavy atom. The number of piperidine rings is 1. The molecule has 0 aliphatic carbocycles. The van der Waals surface area contributed by atoms with E-state index in [4.69, 9.17) is 16.3 Å². The van der Waals surface area contributed by atoms with Gasteiger partial charge in [0.1, 0.15) is 17.5 Å². The first kappa shape index (κ1) is 17.2. The molecule has 2 rings (SSSR count). The molecule has 1 heterocycles. The Bertz CT molecular complexity index is 573. The van der Waals surface area contributed by atoms with Gasteiger partial charge in [-0.15, -0.1) is 0 Å². The number of halogens is 2. The predicted molar refractivity (Wildman–Crippen MR) is 82.1 cm³/mol. The Balaban J connectivity index is 2.31. The van der Waals surface area contributed by atoms with E-state index in [9.17, 15) is 14.3 Å². The van der Waals surface area contributed by atoms with Crippen molar-refractivity contribution in [3.63, 3.8) is 0 Å². The van der Waals surface area contributed by atoms with Crippen molar-refractivity contribution < 1.29 is 19.0 Å². The van der Waals surface area contributed by atoms with Gasteiger partial charge in [-0.1, -0.05) is 17.7 Å². The molecule has 1 fully saturated rings. The minimum absolute atomic E-state index is 0.0645. The molecule has 0 saturated carbocycles. The molecule has 0 aromatic heterocycles. The quantitative estimate of drug-likeness (QED) is 0.819. The molecule has 1 aliphatic rings. The van der Waals surface area contributed by atoms with Gasteiger partial charge in [-0.25, -0.2) is 4.39 Å². The first-order valence-corrected chi connectivity index (χ1v) is 7.62. The summed E-state index contributed by atoms with van der Waals surface area (Å²) in [6.07, 6.45) is -0.411. The maximum atomic E-state index is 13.3. The molecule has 2 atom stereocenters. The Labute approximate surface area is 134 Å². The Hall–Kier alpha value is -1.17. The van der Waals surface area contributed by atoms with E-state index in [1.54, 1.807) is 20.8 Å². The molecular weight excluding hydrogens is 309 g/mol. The summed E-state index contributed by atoms with van der Waals surface area (Å²) in [6, 6.07) is 4.07. The zero-order chi connectivity index (χ0) is 16.5. The number of hydrogen-bond donors (Lipinski definition) is 2. The molecule has 0 spiro atoms. The third kappa shape index (κ3) is 3.42. The van der Waals surface area contributed by atoms with Crippen molar-refractivity contribution in [3.8, 4) is 0 Å². The van der Waals surface area contributed by atoms with Gasteiger partial charge in [-0.05, 0) is 51.4 Å². The fourth-order valence-corrected chi connectivity index (χ4v) is 2.56. The summed E-state index contributed by atoms with van der Waals surface area (Å²) in [5.74, 6) is -0.945. The normalized spacial score (nSPS) is 25.8. The van der Waals surface area contributed by atoms with Gasteiger partial charge >= 0.3 is 5.97 Å². The summed E-state index contributed by atoms with van der Waals surface area (Å²) < 4.78 is 18.9. The van der Waals surface area contributed by atoms with E-state index in [-0.39, 0.29) is 5.02 Å².